The Bertz CT molecular complexity index is 193. The average Bonchev–Trinajstić information content (AvgIpc) is 2.03. The lowest BCUT2D eigenvalue weighted by molar-refractivity contribution is -0.892. The molecule has 0 unspecified atom stereocenters. The van der Waals surface area contributed by atoms with E-state index in [9.17, 15) is 0 Å². The van der Waals surface area contributed by atoms with Crippen molar-refractivity contribution in [2.75, 3.05) is 26.7 Å². The van der Waals surface area contributed by atoms with Crippen LogP contribution in [0.4, 0.5) is 4.79 Å². The van der Waals surface area contributed by atoms with Crippen LogP contribution >= 0.6 is 0 Å². The van der Waals surface area contributed by atoms with Crippen LogP contribution < -0.4 is 0 Å². The smallest absolute Gasteiger partial charge is 0.450 e. The first kappa shape index (κ1) is 15.9. The van der Waals surface area contributed by atoms with E-state index >= 15 is 0 Å². The second-order valence-corrected chi connectivity index (χ2v) is 3.32. The SMILES string of the molecule is C=CC[N+](C)(CC=C)CC=C.O=C(O)O. The van der Waals surface area contributed by atoms with Crippen molar-refractivity contribution in [3.05, 3.63) is 38.0 Å². The largest absolute Gasteiger partial charge is 0.503 e. The van der Waals surface area contributed by atoms with Gasteiger partial charge in [0.1, 0.15) is 0 Å². The average molecular weight is 214 g/mol. The summed E-state index contributed by atoms with van der Waals surface area (Å²) in [4.78, 5) is 8.56. The van der Waals surface area contributed by atoms with E-state index in [-0.39, 0.29) is 0 Å². The topological polar surface area (TPSA) is 57.5 Å². The highest BCUT2D eigenvalue weighted by atomic mass is 16.6. The Kier molecular flexibility index (Phi) is 9.57. The molecule has 0 rings (SSSR count). The third kappa shape index (κ3) is 12.4. The Morgan fingerprint density at radius 1 is 1.07 bits per heavy atom. The molecule has 0 bridgehead atoms. The Labute approximate surface area is 91.0 Å². The highest BCUT2D eigenvalue weighted by molar-refractivity contribution is 5.53. The van der Waals surface area contributed by atoms with E-state index in [1.165, 1.54) is 0 Å². The fraction of sp³-hybridized carbons (Fsp3) is 0.364. The molecule has 0 aliphatic heterocycles. The zero-order valence-electron chi connectivity index (χ0n) is 9.22. The van der Waals surface area contributed by atoms with E-state index in [0.29, 0.717) is 0 Å². The lowest BCUT2D eigenvalue weighted by Gasteiger charge is -2.30. The summed E-state index contributed by atoms with van der Waals surface area (Å²) in [7, 11) is 2.17. The molecule has 0 aromatic carbocycles. The van der Waals surface area contributed by atoms with Crippen molar-refractivity contribution < 1.29 is 19.5 Å². The van der Waals surface area contributed by atoms with E-state index in [1.807, 2.05) is 18.2 Å². The van der Waals surface area contributed by atoms with Crippen LogP contribution in [0.5, 0.6) is 0 Å². The Hall–Kier alpha value is -1.55. The molecule has 0 aliphatic carbocycles. The quantitative estimate of drug-likeness (QED) is 0.526. The van der Waals surface area contributed by atoms with Crippen LogP contribution in [-0.2, 0) is 0 Å². The maximum Gasteiger partial charge on any atom is 0.503 e. The van der Waals surface area contributed by atoms with Gasteiger partial charge in [-0.05, 0) is 18.2 Å². The molecule has 0 aromatic rings. The first-order valence-electron chi connectivity index (χ1n) is 4.50. The molecule has 2 N–H and O–H groups in total. The van der Waals surface area contributed by atoms with Crippen LogP contribution in [-0.4, -0.2) is 47.5 Å². The summed E-state index contributed by atoms with van der Waals surface area (Å²) in [5.74, 6) is 0. The predicted octanol–water partition coefficient (Wildman–Crippen LogP) is 2.21. The fourth-order valence-corrected chi connectivity index (χ4v) is 1.16. The molecule has 0 aliphatic rings. The van der Waals surface area contributed by atoms with Crippen LogP contribution in [0, 0.1) is 0 Å². The lowest BCUT2D eigenvalue weighted by Crippen LogP contribution is -2.44. The van der Waals surface area contributed by atoms with Gasteiger partial charge in [-0.2, -0.15) is 0 Å². The van der Waals surface area contributed by atoms with Gasteiger partial charge in [0, 0.05) is 0 Å². The maximum atomic E-state index is 8.56. The van der Waals surface area contributed by atoms with E-state index in [4.69, 9.17) is 15.0 Å². The van der Waals surface area contributed by atoms with E-state index in [0.717, 1.165) is 24.1 Å². The van der Waals surface area contributed by atoms with Crippen molar-refractivity contribution in [1.82, 2.24) is 0 Å². The minimum absolute atomic E-state index is 0.927. The second-order valence-electron chi connectivity index (χ2n) is 3.32. The molecule has 0 aromatic heterocycles. The van der Waals surface area contributed by atoms with Crippen molar-refractivity contribution in [3.63, 3.8) is 0 Å². The fourth-order valence-electron chi connectivity index (χ4n) is 1.16. The van der Waals surface area contributed by atoms with Gasteiger partial charge >= 0.3 is 6.16 Å². The van der Waals surface area contributed by atoms with Crippen molar-refractivity contribution in [1.29, 1.82) is 0 Å². The number of hydrogen-bond donors (Lipinski definition) is 2. The van der Waals surface area contributed by atoms with Crippen LogP contribution in [0.1, 0.15) is 0 Å². The standard InChI is InChI=1S/C10H18N.CH2O3/c1-5-8-11(4,9-6-2)10-7-3;2-1(3)4/h5-7H,1-3,8-10H2,4H3;(H2,2,3,4)/q+1;. The van der Waals surface area contributed by atoms with Crippen LogP contribution in [0.25, 0.3) is 0 Å². The van der Waals surface area contributed by atoms with Gasteiger partial charge < -0.3 is 14.7 Å². The minimum atomic E-state index is -1.83. The lowest BCUT2D eigenvalue weighted by atomic mass is 10.3. The van der Waals surface area contributed by atoms with Gasteiger partial charge in [-0.1, -0.05) is 19.7 Å². The van der Waals surface area contributed by atoms with Gasteiger partial charge in [0.25, 0.3) is 0 Å². The summed E-state index contributed by atoms with van der Waals surface area (Å²) in [5.41, 5.74) is 0. The number of hydrogen-bond acceptors (Lipinski definition) is 1. The molecule has 4 nitrogen and oxygen atoms in total. The molecule has 0 atom stereocenters. The number of nitrogens with zero attached hydrogens (tertiary/aromatic N) is 1. The number of likely N-dealkylation sites (N-methyl/N-ethyl adjacent to an activating group) is 1. The number of rotatable bonds is 6. The Balaban J connectivity index is 0. The zero-order valence-corrected chi connectivity index (χ0v) is 9.22. The van der Waals surface area contributed by atoms with Crippen molar-refractivity contribution >= 4 is 6.16 Å². The molecule has 15 heavy (non-hydrogen) atoms. The molecule has 0 radical (unpaired) electrons. The third-order valence-corrected chi connectivity index (χ3v) is 1.71. The van der Waals surface area contributed by atoms with Gasteiger partial charge in [0.05, 0.1) is 26.7 Å². The molecule has 0 amide bonds. The van der Waals surface area contributed by atoms with E-state index in [1.54, 1.807) is 0 Å². The predicted molar refractivity (Wildman–Crippen MR) is 62.0 cm³/mol. The van der Waals surface area contributed by atoms with E-state index < -0.39 is 6.16 Å². The number of carbonyl (C=O) groups is 1. The van der Waals surface area contributed by atoms with Gasteiger partial charge in [-0.25, -0.2) is 4.79 Å². The summed E-state index contributed by atoms with van der Waals surface area (Å²) in [5, 5.41) is 13.9. The minimum Gasteiger partial charge on any atom is -0.450 e. The van der Waals surface area contributed by atoms with Crippen molar-refractivity contribution in [2.24, 2.45) is 0 Å². The van der Waals surface area contributed by atoms with Gasteiger partial charge in [0.15, 0.2) is 0 Å². The molecule has 0 saturated carbocycles. The maximum absolute atomic E-state index is 8.56. The first-order chi connectivity index (χ1) is 6.91. The Morgan fingerprint density at radius 3 is 1.40 bits per heavy atom. The molecular formula is C11H20NO3+. The second kappa shape index (κ2) is 9.02. The summed E-state index contributed by atoms with van der Waals surface area (Å²) in [6.07, 6.45) is 3.98. The van der Waals surface area contributed by atoms with Gasteiger partial charge in [-0.3, -0.25) is 0 Å². The Morgan fingerprint density at radius 2 is 1.27 bits per heavy atom. The van der Waals surface area contributed by atoms with Gasteiger partial charge in [-0.15, -0.1) is 0 Å². The molecule has 0 saturated heterocycles. The van der Waals surface area contributed by atoms with Gasteiger partial charge in [0.2, 0.25) is 0 Å². The van der Waals surface area contributed by atoms with Crippen LogP contribution in [0.15, 0.2) is 38.0 Å². The normalized spacial score (nSPS) is 9.40. The molecule has 4 heteroatoms. The number of quaternary nitrogens is 1. The monoisotopic (exact) mass is 214 g/mol. The van der Waals surface area contributed by atoms with E-state index in [2.05, 4.69) is 26.8 Å². The van der Waals surface area contributed by atoms with Crippen molar-refractivity contribution in [2.45, 2.75) is 0 Å². The first-order valence-corrected chi connectivity index (χ1v) is 4.50. The summed E-state index contributed by atoms with van der Waals surface area (Å²) in [6, 6.07) is 0. The van der Waals surface area contributed by atoms with Crippen LogP contribution in [0.3, 0.4) is 0 Å². The van der Waals surface area contributed by atoms with Crippen LogP contribution in [0.2, 0.25) is 0 Å². The summed E-state index contributed by atoms with van der Waals surface area (Å²) >= 11 is 0. The molecule has 0 heterocycles. The van der Waals surface area contributed by atoms with Crippen molar-refractivity contribution in [3.8, 4) is 0 Å². The highest BCUT2D eigenvalue weighted by Gasteiger charge is 2.14. The third-order valence-electron chi connectivity index (χ3n) is 1.71. The molecule has 86 valence electrons. The summed E-state index contributed by atoms with van der Waals surface area (Å²) in [6.45, 7) is 14.1. The number of carboxylic acid groups (broad SMARTS) is 2. The molecule has 0 spiro atoms. The highest BCUT2D eigenvalue weighted by Crippen LogP contribution is 2.01. The zero-order chi connectivity index (χ0) is 12.3. The molecule has 0 fully saturated rings. The summed E-state index contributed by atoms with van der Waals surface area (Å²) < 4.78 is 0.927. The molecular weight excluding hydrogens is 194 g/mol.